The van der Waals surface area contributed by atoms with Gasteiger partial charge in [0.25, 0.3) is 0 Å². The van der Waals surface area contributed by atoms with E-state index in [1.54, 1.807) is 14.2 Å². The van der Waals surface area contributed by atoms with Gasteiger partial charge in [0.1, 0.15) is 0 Å². The first-order chi connectivity index (χ1) is 8.72. The third kappa shape index (κ3) is 4.46. The van der Waals surface area contributed by atoms with Crippen molar-refractivity contribution in [1.82, 2.24) is 0 Å². The molecule has 1 rings (SSSR count). The predicted octanol–water partition coefficient (Wildman–Crippen LogP) is 1.90. The Kier molecular flexibility index (Phi) is 7.05. The minimum atomic E-state index is 0.465. The molecule has 0 aromatic heterocycles. The van der Waals surface area contributed by atoms with Crippen LogP contribution in [-0.4, -0.2) is 40.5 Å². The maximum Gasteiger partial charge on any atom is 0.0637 e. The molecule has 0 aliphatic rings. The first kappa shape index (κ1) is 15.2. The van der Waals surface area contributed by atoms with Crippen molar-refractivity contribution >= 4 is 17.3 Å². The van der Waals surface area contributed by atoms with E-state index in [-0.39, 0.29) is 0 Å². The Balaban J connectivity index is 2.88. The number of ether oxygens (including phenoxy) is 2. The third-order valence-corrected chi connectivity index (χ3v) is 2.97. The zero-order valence-electron chi connectivity index (χ0n) is 11.0. The summed E-state index contributed by atoms with van der Waals surface area (Å²) in [6, 6.07) is 5.78. The summed E-state index contributed by atoms with van der Waals surface area (Å²) in [4.78, 5) is 2.20. The molecule has 102 valence electrons. The van der Waals surface area contributed by atoms with Gasteiger partial charge in [-0.15, -0.1) is 0 Å². The van der Waals surface area contributed by atoms with Gasteiger partial charge in [-0.25, -0.2) is 0 Å². The molecule has 0 bridgehead atoms. The van der Waals surface area contributed by atoms with Crippen LogP contribution >= 0.6 is 11.6 Å². The number of nitrogens with zero attached hydrogens (tertiary/aromatic N) is 1. The smallest absolute Gasteiger partial charge is 0.0637 e. The highest BCUT2D eigenvalue weighted by molar-refractivity contribution is 6.30. The van der Waals surface area contributed by atoms with Crippen LogP contribution in [0.5, 0.6) is 0 Å². The summed E-state index contributed by atoms with van der Waals surface area (Å²) in [5, 5.41) is 0.706. The largest absolute Gasteiger partial charge is 0.383 e. The van der Waals surface area contributed by atoms with Gasteiger partial charge in [-0.2, -0.15) is 0 Å². The second-order valence-electron chi connectivity index (χ2n) is 3.95. The van der Waals surface area contributed by atoms with Gasteiger partial charge in [0, 0.05) is 44.6 Å². The fourth-order valence-electron chi connectivity index (χ4n) is 1.78. The molecule has 0 saturated heterocycles. The Hall–Kier alpha value is -0.810. The molecule has 2 N–H and O–H groups in total. The van der Waals surface area contributed by atoms with E-state index in [0.717, 1.165) is 24.3 Å². The normalized spacial score (nSPS) is 10.7. The lowest BCUT2D eigenvalue weighted by molar-refractivity contribution is 0.190. The van der Waals surface area contributed by atoms with Gasteiger partial charge in [-0.1, -0.05) is 11.6 Å². The molecule has 0 heterocycles. The summed E-state index contributed by atoms with van der Waals surface area (Å²) in [5.41, 5.74) is 7.90. The van der Waals surface area contributed by atoms with E-state index in [0.29, 0.717) is 24.8 Å². The van der Waals surface area contributed by atoms with E-state index in [2.05, 4.69) is 4.90 Å². The van der Waals surface area contributed by atoms with Crippen LogP contribution in [-0.2, 0) is 16.0 Å². The summed E-state index contributed by atoms with van der Waals surface area (Å²) in [6.07, 6.45) is 0. The molecule has 0 saturated carbocycles. The van der Waals surface area contributed by atoms with Crippen LogP contribution in [0.2, 0.25) is 5.02 Å². The molecule has 18 heavy (non-hydrogen) atoms. The van der Waals surface area contributed by atoms with E-state index in [4.69, 9.17) is 26.8 Å². The number of nitrogens with two attached hydrogens (primary N) is 1. The highest BCUT2D eigenvalue weighted by Crippen LogP contribution is 2.24. The number of benzene rings is 1. The van der Waals surface area contributed by atoms with Crippen molar-refractivity contribution in [2.75, 3.05) is 45.4 Å². The lowest BCUT2D eigenvalue weighted by atomic mass is 10.1. The van der Waals surface area contributed by atoms with Gasteiger partial charge in [-0.05, 0) is 23.8 Å². The first-order valence-corrected chi connectivity index (χ1v) is 6.32. The number of anilines is 1. The van der Waals surface area contributed by atoms with Crippen LogP contribution in [0.15, 0.2) is 18.2 Å². The van der Waals surface area contributed by atoms with Crippen LogP contribution < -0.4 is 10.6 Å². The van der Waals surface area contributed by atoms with Gasteiger partial charge >= 0.3 is 0 Å². The number of hydrogen-bond donors (Lipinski definition) is 1. The van der Waals surface area contributed by atoms with E-state index in [1.165, 1.54) is 0 Å². The zero-order chi connectivity index (χ0) is 13.4. The van der Waals surface area contributed by atoms with E-state index >= 15 is 0 Å². The van der Waals surface area contributed by atoms with Gasteiger partial charge in [0.15, 0.2) is 0 Å². The lowest BCUT2D eigenvalue weighted by Gasteiger charge is -2.26. The maximum absolute atomic E-state index is 5.99. The molecule has 0 radical (unpaired) electrons. The van der Waals surface area contributed by atoms with Gasteiger partial charge in [0.05, 0.1) is 13.2 Å². The summed E-state index contributed by atoms with van der Waals surface area (Å²) in [5.74, 6) is 0. The maximum atomic E-state index is 5.99. The van der Waals surface area contributed by atoms with Crippen LogP contribution in [0.25, 0.3) is 0 Å². The third-order valence-electron chi connectivity index (χ3n) is 2.73. The predicted molar refractivity (Wildman–Crippen MR) is 75.3 cm³/mol. The Bertz CT molecular complexity index is 353. The molecule has 5 heteroatoms. The fourth-order valence-corrected chi connectivity index (χ4v) is 1.98. The number of halogens is 1. The van der Waals surface area contributed by atoms with E-state index in [1.807, 2.05) is 18.2 Å². The van der Waals surface area contributed by atoms with Crippen molar-refractivity contribution < 1.29 is 9.47 Å². The lowest BCUT2D eigenvalue weighted by Crippen LogP contribution is -2.31. The topological polar surface area (TPSA) is 47.7 Å². The minimum Gasteiger partial charge on any atom is -0.383 e. The molecule has 0 aliphatic heterocycles. The quantitative estimate of drug-likeness (QED) is 0.785. The molecular weight excluding hydrogens is 252 g/mol. The van der Waals surface area contributed by atoms with Crippen LogP contribution in [0.3, 0.4) is 0 Å². The molecule has 0 spiro atoms. The standard InChI is InChI=1S/C13H21ClN2O2/c1-17-7-5-16(6-8-18-2)13-4-3-12(14)9-11(13)10-15/h3-4,9H,5-8,10,15H2,1-2H3. The van der Waals surface area contributed by atoms with Crippen molar-refractivity contribution in [1.29, 1.82) is 0 Å². The zero-order valence-corrected chi connectivity index (χ0v) is 11.7. The molecule has 1 aromatic carbocycles. The first-order valence-electron chi connectivity index (χ1n) is 5.94. The minimum absolute atomic E-state index is 0.465. The summed E-state index contributed by atoms with van der Waals surface area (Å²) >= 11 is 5.99. The SMILES string of the molecule is COCCN(CCOC)c1ccc(Cl)cc1CN. The van der Waals surface area contributed by atoms with Crippen molar-refractivity contribution in [3.05, 3.63) is 28.8 Å². The van der Waals surface area contributed by atoms with Crippen molar-refractivity contribution in [3.63, 3.8) is 0 Å². The number of hydrogen-bond acceptors (Lipinski definition) is 4. The van der Waals surface area contributed by atoms with E-state index < -0.39 is 0 Å². The molecule has 1 aromatic rings. The van der Waals surface area contributed by atoms with Crippen molar-refractivity contribution in [2.45, 2.75) is 6.54 Å². The molecule has 0 unspecified atom stereocenters. The second-order valence-corrected chi connectivity index (χ2v) is 4.39. The molecule has 4 nitrogen and oxygen atoms in total. The Labute approximate surface area is 114 Å². The summed E-state index contributed by atoms with van der Waals surface area (Å²) in [6.45, 7) is 3.39. The van der Waals surface area contributed by atoms with Gasteiger partial charge in [-0.3, -0.25) is 0 Å². The highest BCUT2D eigenvalue weighted by Gasteiger charge is 2.10. The molecule has 0 amide bonds. The summed E-state index contributed by atoms with van der Waals surface area (Å²) in [7, 11) is 3.39. The highest BCUT2D eigenvalue weighted by atomic mass is 35.5. The average molecular weight is 273 g/mol. The van der Waals surface area contributed by atoms with Gasteiger partial charge < -0.3 is 20.1 Å². The fraction of sp³-hybridized carbons (Fsp3) is 0.538. The molecular formula is C13H21ClN2O2. The van der Waals surface area contributed by atoms with Crippen molar-refractivity contribution in [2.24, 2.45) is 5.73 Å². The molecule has 0 atom stereocenters. The Morgan fingerprint density at radius 3 is 2.28 bits per heavy atom. The second kappa shape index (κ2) is 8.32. The van der Waals surface area contributed by atoms with Crippen molar-refractivity contribution in [3.8, 4) is 0 Å². The number of rotatable bonds is 8. The van der Waals surface area contributed by atoms with E-state index in [9.17, 15) is 0 Å². The van der Waals surface area contributed by atoms with Gasteiger partial charge in [0.2, 0.25) is 0 Å². The Morgan fingerprint density at radius 2 is 1.78 bits per heavy atom. The Morgan fingerprint density at radius 1 is 1.17 bits per heavy atom. The number of methoxy groups -OCH3 is 2. The van der Waals surface area contributed by atoms with Crippen LogP contribution in [0.4, 0.5) is 5.69 Å². The molecule has 0 aliphatic carbocycles. The molecule has 0 fully saturated rings. The van der Waals surface area contributed by atoms with Crippen LogP contribution in [0.1, 0.15) is 5.56 Å². The average Bonchev–Trinajstić information content (AvgIpc) is 2.39. The monoisotopic (exact) mass is 272 g/mol. The summed E-state index contributed by atoms with van der Waals surface area (Å²) < 4.78 is 10.3. The van der Waals surface area contributed by atoms with Crippen LogP contribution in [0, 0.1) is 0 Å².